The number of nitrogens with zero attached hydrogens (tertiary/aromatic N) is 2. The molecule has 0 radical (unpaired) electrons. The maximum Gasteiger partial charge on any atom is 0.263 e. The summed E-state index contributed by atoms with van der Waals surface area (Å²) >= 11 is 1.73. The standard InChI is InChI=1S/C22H36N2O2S/c1-5-7-20-19(6-2)12-21(27-20)22(25)24-10-8-18(9-11-24)15-23-13-16(3)26-17(4)14-23/h12,16-18H,5-11,13-15H2,1-4H3. The van der Waals surface area contributed by atoms with Crippen molar-refractivity contribution in [2.75, 3.05) is 32.7 Å². The Morgan fingerprint density at radius 1 is 1.19 bits per heavy atom. The molecule has 3 rings (SSSR count). The van der Waals surface area contributed by atoms with E-state index in [9.17, 15) is 4.79 Å². The van der Waals surface area contributed by atoms with Crippen LogP contribution in [0, 0.1) is 5.92 Å². The van der Waals surface area contributed by atoms with Crippen LogP contribution in [0.5, 0.6) is 0 Å². The summed E-state index contributed by atoms with van der Waals surface area (Å²) in [6, 6.07) is 2.15. The van der Waals surface area contributed by atoms with Crippen LogP contribution in [0.15, 0.2) is 6.07 Å². The molecule has 5 heteroatoms. The van der Waals surface area contributed by atoms with Crippen molar-refractivity contribution in [2.45, 2.75) is 72.0 Å². The first kappa shape index (κ1) is 20.8. The molecule has 2 atom stereocenters. The number of ether oxygens (including phenoxy) is 1. The summed E-state index contributed by atoms with van der Waals surface area (Å²) in [4.78, 5) is 20.0. The molecule has 0 N–H and O–H groups in total. The fourth-order valence-electron chi connectivity index (χ4n) is 4.58. The van der Waals surface area contributed by atoms with Crippen LogP contribution in [0.2, 0.25) is 0 Å². The van der Waals surface area contributed by atoms with Crippen molar-refractivity contribution in [1.29, 1.82) is 0 Å². The normalized spacial score (nSPS) is 25.1. The fourth-order valence-corrected chi connectivity index (χ4v) is 5.91. The summed E-state index contributed by atoms with van der Waals surface area (Å²) in [6.45, 7) is 13.8. The Hall–Kier alpha value is -0.910. The van der Waals surface area contributed by atoms with E-state index in [0.717, 1.165) is 69.7 Å². The number of thiophene rings is 1. The molecule has 2 saturated heterocycles. The second-order valence-electron chi connectivity index (χ2n) is 8.37. The van der Waals surface area contributed by atoms with Crippen molar-refractivity contribution < 1.29 is 9.53 Å². The summed E-state index contributed by atoms with van der Waals surface area (Å²) in [6.07, 6.45) is 6.18. The van der Waals surface area contributed by atoms with E-state index in [1.165, 1.54) is 10.4 Å². The Morgan fingerprint density at radius 3 is 2.44 bits per heavy atom. The van der Waals surface area contributed by atoms with Gasteiger partial charge in [-0.3, -0.25) is 9.69 Å². The van der Waals surface area contributed by atoms with Crippen LogP contribution in [0.1, 0.15) is 67.1 Å². The lowest BCUT2D eigenvalue weighted by Gasteiger charge is -2.39. The summed E-state index contributed by atoms with van der Waals surface area (Å²) < 4.78 is 5.85. The number of rotatable bonds is 6. The highest BCUT2D eigenvalue weighted by Crippen LogP contribution is 2.28. The minimum atomic E-state index is 0.254. The zero-order valence-electron chi connectivity index (χ0n) is 17.5. The van der Waals surface area contributed by atoms with Gasteiger partial charge in [-0.2, -0.15) is 0 Å². The highest BCUT2D eigenvalue weighted by molar-refractivity contribution is 7.14. The Balaban J connectivity index is 1.52. The predicted molar refractivity (Wildman–Crippen MR) is 113 cm³/mol. The van der Waals surface area contributed by atoms with Crippen LogP contribution in [0.4, 0.5) is 0 Å². The van der Waals surface area contributed by atoms with Gasteiger partial charge in [0.05, 0.1) is 17.1 Å². The molecular formula is C22H36N2O2S. The second-order valence-corrected chi connectivity index (χ2v) is 9.51. The number of hydrogen-bond donors (Lipinski definition) is 0. The number of hydrogen-bond acceptors (Lipinski definition) is 4. The van der Waals surface area contributed by atoms with Crippen molar-refractivity contribution >= 4 is 17.2 Å². The summed E-state index contributed by atoms with van der Waals surface area (Å²) in [7, 11) is 0. The number of aryl methyl sites for hydroxylation is 2. The first-order chi connectivity index (χ1) is 13.0. The lowest BCUT2D eigenvalue weighted by atomic mass is 9.95. The monoisotopic (exact) mass is 392 g/mol. The topological polar surface area (TPSA) is 32.8 Å². The maximum atomic E-state index is 13.0. The largest absolute Gasteiger partial charge is 0.373 e. The zero-order chi connectivity index (χ0) is 19.4. The molecule has 1 amide bonds. The third-order valence-electron chi connectivity index (χ3n) is 5.88. The molecule has 152 valence electrons. The minimum Gasteiger partial charge on any atom is -0.373 e. The molecule has 0 spiro atoms. The van der Waals surface area contributed by atoms with Gasteiger partial charge in [0.25, 0.3) is 5.91 Å². The van der Waals surface area contributed by atoms with E-state index in [-0.39, 0.29) is 5.91 Å². The molecule has 27 heavy (non-hydrogen) atoms. The van der Waals surface area contributed by atoms with E-state index in [4.69, 9.17) is 4.74 Å². The molecular weight excluding hydrogens is 356 g/mol. The van der Waals surface area contributed by atoms with Gasteiger partial charge in [-0.05, 0) is 57.1 Å². The molecule has 0 aromatic carbocycles. The molecule has 2 fully saturated rings. The maximum absolute atomic E-state index is 13.0. The first-order valence-corrected chi connectivity index (χ1v) is 11.6. The minimum absolute atomic E-state index is 0.254. The van der Waals surface area contributed by atoms with Crippen molar-refractivity contribution in [3.05, 3.63) is 21.4 Å². The van der Waals surface area contributed by atoms with Crippen LogP contribution >= 0.6 is 11.3 Å². The Morgan fingerprint density at radius 2 is 1.85 bits per heavy atom. The van der Waals surface area contributed by atoms with Gasteiger partial charge in [0.1, 0.15) is 0 Å². The summed E-state index contributed by atoms with van der Waals surface area (Å²) in [5, 5.41) is 0. The van der Waals surface area contributed by atoms with E-state index in [1.54, 1.807) is 11.3 Å². The zero-order valence-corrected chi connectivity index (χ0v) is 18.3. The average molecular weight is 393 g/mol. The third kappa shape index (κ3) is 5.33. The van der Waals surface area contributed by atoms with Gasteiger partial charge in [0, 0.05) is 37.6 Å². The number of piperidine rings is 1. The molecule has 0 saturated carbocycles. The van der Waals surface area contributed by atoms with E-state index in [1.807, 2.05) is 0 Å². The molecule has 2 aliphatic heterocycles. The number of likely N-dealkylation sites (tertiary alicyclic amines) is 1. The Bertz CT molecular complexity index is 612. The lowest BCUT2D eigenvalue weighted by molar-refractivity contribution is -0.0728. The van der Waals surface area contributed by atoms with Gasteiger partial charge in [-0.15, -0.1) is 11.3 Å². The smallest absolute Gasteiger partial charge is 0.263 e. The van der Waals surface area contributed by atoms with Crippen LogP contribution in [-0.4, -0.2) is 60.6 Å². The van der Waals surface area contributed by atoms with Gasteiger partial charge < -0.3 is 9.64 Å². The predicted octanol–water partition coefficient (Wildman–Crippen LogP) is 4.22. The highest BCUT2D eigenvalue weighted by atomic mass is 32.1. The van der Waals surface area contributed by atoms with Crippen molar-refractivity contribution in [3.63, 3.8) is 0 Å². The molecule has 3 heterocycles. The quantitative estimate of drug-likeness (QED) is 0.726. The molecule has 0 aliphatic carbocycles. The number of amides is 1. The van der Waals surface area contributed by atoms with Crippen LogP contribution in [0.3, 0.4) is 0 Å². The van der Waals surface area contributed by atoms with Gasteiger partial charge in [-0.25, -0.2) is 0 Å². The number of morpholine rings is 1. The summed E-state index contributed by atoms with van der Waals surface area (Å²) in [5.74, 6) is 0.959. The van der Waals surface area contributed by atoms with E-state index < -0.39 is 0 Å². The van der Waals surface area contributed by atoms with E-state index in [2.05, 4.69) is 43.6 Å². The summed E-state index contributed by atoms with van der Waals surface area (Å²) in [5.41, 5.74) is 1.37. The van der Waals surface area contributed by atoms with Gasteiger partial charge in [0.2, 0.25) is 0 Å². The van der Waals surface area contributed by atoms with Gasteiger partial charge in [-0.1, -0.05) is 20.3 Å². The molecule has 4 nitrogen and oxygen atoms in total. The average Bonchev–Trinajstić information content (AvgIpc) is 3.04. The molecule has 2 unspecified atom stereocenters. The van der Waals surface area contributed by atoms with E-state index >= 15 is 0 Å². The van der Waals surface area contributed by atoms with Crippen molar-refractivity contribution in [1.82, 2.24) is 9.80 Å². The Labute approximate surface area is 168 Å². The van der Waals surface area contributed by atoms with Crippen molar-refractivity contribution in [3.8, 4) is 0 Å². The van der Waals surface area contributed by atoms with E-state index in [0.29, 0.717) is 18.1 Å². The first-order valence-electron chi connectivity index (χ1n) is 10.8. The highest BCUT2D eigenvalue weighted by Gasteiger charge is 2.29. The Kier molecular flexibility index (Phi) is 7.35. The molecule has 0 bridgehead atoms. The van der Waals surface area contributed by atoms with Gasteiger partial charge in [0.15, 0.2) is 0 Å². The van der Waals surface area contributed by atoms with Gasteiger partial charge >= 0.3 is 0 Å². The fraction of sp³-hybridized carbons (Fsp3) is 0.773. The van der Waals surface area contributed by atoms with Crippen LogP contribution < -0.4 is 0 Å². The van der Waals surface area contributed by atoms with Crippen LogP contribution in [0.25, 0.3) is 0 Å². The molecule has 2 aliphatic rings. The molecule has 1 aromatic heterocycles. The van der Waals surface area contributed by atoms with Crippen LogP contribution in [-0.2, 0) is 17.6 Å². The second kappa shape index (κ2) is 9.53. The van der Waals surface area contributed by atoms with Crippen molar-refractivity contribution in [2.24, 2.45) is 5.92 Å². The number of carbonyl (C=O) groups is 1. The molecule has 1 aromatic rings. The number of carbonyl (C=O) groups excluding carboxylic acids is 1. The lowest BCUT2D eigenvalue weighted by Crippen LogP contribution is -2.48. The SMILES string of the molecule is CCCc1sc(C(=O)N2CCC(CN3CC(C)OC(C)C3)CC2)cc1CC. The third-order valence-corrected chi connectivity index (χ3v) is 7.10.